The van der Waals surface area contributed by atoms with Crippen LogP contribution >= 0.6 is 0 Å². The van der Waals surface area contributed by atoms with E-state index < -0.39 is 5.92 Å². The fourth-order valence-electron chi connectivity index (χ4n) is 2.45. The smallest absolute Gasteiger partial charge is 0.240 e. The molecular weight excluding hydrogens is 254 g/mol. The van der Waals surface area contributed by atoms with Gasteiger partial charge in [-0.15, -0.1) is 0 Å². The van der Waals surface area contributed by atoms with Gasteiger partial charge in [0.15, 0.2) is 0 Å². The summed E-state index contributed by atoms with van der Waals surface area (Å²) in [7, 11) is 0. The molecule has 2 atom stereocenters. The minimum absolute atomic E-state index is 0.208. The van der Waals surface area contributed by atoms with E-state index in [0.29, 0.717) is 25.9 Å². The Morgan fingerprint density at radius 3 is 2.65 bits per heavy atom. The van der Waals surface area contributed by atoms with Crippen molar-refractivity contribution in [1.82, 2.24) is 4.90 Å². The number of nitrogens with two attached hydrogens (primary N) is 1. The van der Waals surface area contributed by atoms with Crippen LogP contribution in [0, 0.1) is 23.2 Å². The zero-order valence-electron chi connectivity index (χ0n) is 11.2. The van der Waals surface area contributed by atoms with E-state index in [4.69, 9.17) is 5.73 Å². The van der Waals surface area contributed by atoms with Crippen LogP contribution in [0.25, 0.3) is 0 Å². The summed E-state index contributed by atoms with van der Waals surface area (Å²) in [6.07, 6.45) is 0.985. The molecule has 0 bridgehead atoms. The third-order valence-corrected chi connectivity index (χ3v) is 3.64. The number of hydrogen-bond donors (Lipinski definition) is 1. The van der Waals surface area contributed by atoms with E-state index in [0.717, 1.165) is 5.56 Å². The van der Waals surface area contributed by atoms with Gasteiger partial charge in [-0.2, -0.15) is 5.26 Å². The Morgan fingerprint density at radius 1 is 1.40 bits per heavy atom. The highest BCUT2D eigenvalue weighted by molar-refractivity contribution is 5.84. The number of carbonyl (C=O) groups is 2. The first-order chi connectivity index (χ1) is 9.61. The van der Waals surface area contributed by atoms with Gasteiger partial charge in [-0.1, -0.05) is 30.3 Å². The molecule has 1 aliphatic rings. The van der Waals surface area contributed by atoms with Crippen molar-refractivity contribution in [2.75, 3.05) is 13.1 Å². The lowest BCUT2D eigenvalue weighted by molar-refractivity contribution is -0.133. The zero-order valence-corrected chi connectivity index (χ0v) is 11.2. The molecule has 2 N–H and O–H groups in total. The second kappa shape index (κ2) is 6.20. The third kappa shape index (κ3) is 3.15. The molecule has 0 aromatic heterocycles. The average Bonchev–Trinajstić information content (AvgIpc) is 2.95. The minimum atomic E-state index is -0.705. The summed E-state index contributed by atoms with van der Waals surface area (Å²) in [5, 5.41) is 9.20. The molecule has 5 heteroatoms. The van der Waals surface area contributed by atoms with Gasteiger partial charge in [0.05, 0.1) is 12.0 Å². The van der Waals surface area contributed by atoms with Crippen molar-refractivity contribution in [1.29, 1.82) is 5.26 Å². The Kier molecular flexibility index (Phi) is 4.36. The summed E-state index contributed by atoms with van der Waals surface area (Å²) < 4.78 is 0. The molecule has 1 aromatic carbocycles. The average molecular weight is 271 g/mol. The number of rotatable bonds is 4. The van der Waals surface area contributed by atoms with E-state index in [-0.39, 0.29) is 17.7 Å². The normalized spacial score (nSPS) is 19.4. The SMILES string of the molecule is N#CC(Cc1ccccc1)C(=O)N1CCC(C(N)=O)C1. The number of carbonyl (C=O) groups excluding carboxylic acids is 2. The number of amides is 2. The quantitative estimate of drug-likeness (QED) is 0.874. The number of hydrogen-bond acceptors (Lipinski definition) is 3. The van der Waals surface area contributed by atoms with Gasteiger partial charge in [-0.05, 0) is 18.4 Å². The topological polar surface area (TPSA) is 87.2 Å². The number of nitrogens with zero attached hydrogens (tertiary/aromatic N) is 2. The second-order valence-electron chi connectivity index (χ2n) is 5.04. The van der Waals surface area contributed by atoms with Gasteiger partial charge in [0, 0.05) is 13.1 Å². The van der Waals surface area contributed by atoms with Crippen LogP contribution in [0.5, 0.6) is 0 Å². The maximum absolute atomic E-state index is 12.3. The van der Waals surface area contributed by atoms with Crippen LogP contribution in [0.4, 0.5) is 0 Å². The first-order valence-electron chi connectivity index (χ1n) is 6.63. The molecule has 2 rings (SSSR count). The van der Waals surface area contributed by atoms with Gasteiger partial charge in [-0.25, -0.2) is 0 Å². The number of nitriles is 1. The molecule has 20 heavy (non-hydrogen) atoms. The molecule has 0 aliphatic carbocycles. The van der Waals surface area contributed by atoms with Crippen LogP contribution in [0.1, 0.15) is 12.0 Å². The minimum Gasteiger partial charge on any atom is -0.369 e. The number of benzene rings is 1. The lowest BCUT2D eigenvalue weighted by Crippen LogP contribution is -2.36. The Balaban J connectivity index is 2.00. The van der Waals surface area contributed by atoms with Gasteiger partial charge in [0.25, 0.3) is 0 Å². The first kappa shape index (κ1) is 14.1. The van der Waals surface area contributed by atoms with E-state index in [2.05, 4.69) is 6.07 Å². The Morgan fingerprint density at radius 2 is 2.10 bits per heavy atom. The maximum Gasteiger partial charge on any atom is 0.240 e. The monoisotopic (exact) mass is 271 g/mol. The van der Waals surface area contributed by atoms with E-state index in [1.807, 2.05) is 30.3 Å². The van der Waals surface area contributed by atoms with Crippen molar-refractivity contribution in [3.8, 4) is 6.07 Å². The highest BCUT2D eigenvalue weighted by Crippen LogP contribution is 2.19. The standard InChI is InChI=1S/C15H17N3O2/c16-9-13(8-11-4-2-1-3-5-11)15(20)18-7-6-12(10-18)14(17)19/h1-5,12-13H,6-8,10H2,(H2,17,19). The molecule has 1 saturated heterocycles. The number of primary amides is 1. The highest BCUT2D eigenvalue weighted by Gasteiger charge is 2.33. The third-order valence-electron chi connectivity index (χ3n) is 3.64. The van der Waals surface area contributed by atoms with E-state index >= 15 is 0 Å². The summed E-state index contributed by atoms with van der Waals surface area (Å²) in [4.78, 5) is 25.0. The molecule has 0 saturated carbocycles. The van der Waals surface area contributed by atoms with Crippen LogP contribution in [0.2, 0.25) is 0 Å². The van der Waals surface area contributed by atoms with Crippen molar-refractivity contribution in [2.24, 2.45) is 17.6 Å². The number of likely N-dealkylation sites (tertiary alicyclic amines) is 1. The lowest BCUT2D eigenvalue weighted by atomic mass is 9.99. The van der Waals surface area contributed by atoms with Crippen molar-refractivity contribution in [2.45, 2.75) is 12.8 Å². The molecule has 1 heterocycles. The summed E-state index contributed by atoms with van der Waals surface area (Å²) in [5.41, 5.74) is 6.21. The van der Waals surface area contributed by atoms with Gasteiger partial charge in [0.2, 0.25) is 11.8 Å². The zero-order chi connectivity index (χ0) is 14.5. The van der Waals surface area contributed by atoms with Crippen LogP contribution in [-0.4, -0.2) is 29.8 Å². The second-order valence-corrected chi connectivity index (χ2v) is 5.04. The van der Waals surface area contributed by atoms with Crippen molar-refractivity contribution in [3.05, 3.63) is 35.9 Å². The highest BCUT2D eigenvalue weighted by atomic mass is 16.2. The van der Waals surface area contributed by atoms with Gasteiger partial charge in [-0.3, -0.25) is 9.59 Å². The predicted molar refractivity (Wildman–Crippen MR) is 73.1 cm³/mol. The van der Waals surface area contributed by atoms with E-state index in [1.54, 1.807) is 4.90 Å². The summed E-state index contributed by atoms with van der Waals surface area (Å²) in [6.45, 7) is 0.834. The molecule has 2 unspecified atom stereocenters. The van der Waals surface area contributed by atoms with Gasteiger partial charge in [0.1, 0.15) is 5.92 Å². The van der Waals surface area contributed by atoms with Crippen molar-refractivity contribution in [3.63, 3.8) is 0 Å². The molecule has 1 aromatic rings. The molecule has 104 valence electrons. The summed E-state index contributed by atoms with van der Waals surface area (Å²) in [6, 6.07) is 11.5. The Labute approximate surface area is 118 Å². The fourth-order valence-corrected chi connectivity index (χ4v) is 2.45. The van der Waals surface area contributed by atoms with Crippen LogP contribution in [0.15, 0.2) is 30.3 Å². The van der Waals surface area contributed by atoms with E-state index in [1.165, 1.54) is 0 Å². The molecule has 2 amide bonds. The van der Waals surface area contributed by atoms with Gasteiger partial charge < -0.3 is 10.6 Å². The largest absolute Gasteiger partial charge is 0.369 e. The van der Waals surface area contributed by atoms with E-state index in [9.17, 15) is 14.9 Å². The van der Waals surface area contributed by atoms with Crippen molar-refractivity contribution >= 4 is 11.8 Å². The fraction of sp³-hybridized carbons (Fsp3) is 0.400. The summed E-state index contributed by atoms with van der Waals surface area (Å²) in [5.74, 6) is -1.57. The maximum atomic E-state index is 12.3. The molecule has 0 radical (unpaired) electrons. The molecular formula is C15H17N3O2. The van der Waals surface area contributed by atoms with Crippen molar-refractivity contribution < 1.29 is 9.59 Å². The lowest BCUT2D eigenvalue weighted by Gasteiger charge is -2.19. The summed E-state index contributed by atoms with van der Waals surface area (Å²) >= 11 is 0. The molecule has 1 fully saturated rings. The molecule has 1 aliphatic heterocycles. The van der Waals surface area contributed by atoms with Gasteiger partial charge >= 0.3 is 0 Å². The molecule has 0 spiro atoms. The predicted octanol–water partition coefficient (Wildman–Crippen LogP) is 0.703. The molecule has 5 nitrogen and oxygen atoms in total. The van der Waals surface area contributed by atoms with Crippen LogP contribution in [-0.2, 0) is 16.0 Å². The van der Waals surface area contributed by atoms with Crippen LogP contribution in [0.3, 0.4) is 0 Å². The first-order valence-corrected chi connectivity index (χ1v) is 6.63. The Bertz CT molecular complexity index is 536. The Hall–Kier alpha value is -2.35. The van der Waals surface area contributed by atoms with Crippen LogP contribution < -0.4 is 5.73 Å².